The van der Waals surface area contributed by atoms with Crippen molar-refractivity contribution in [1.29, 1.82) is 0 Å². The Labute approximate surface area is 76.7 Å². The highest BCUT2D eigenvalue weighted by atomic mass is 35.5. The van der Waals surface area contributed by atoms with Gasteiger partial charge in [0.15, 0.2) is 0 Å². The summed E-state index contributed by atoms with van der Waals surface area (Å²) in [6, 6.07) is 1.82. The molecule has 0 aliphatic rings. The van der Waals surface area contributed by atoms with Crippen molar-refractivity contribution < 1.29 is 4.74 Å². The van der Waals surface area contributed by atoms with Gasteiger partial charge in [0.25, 0.3) is 0 Å². The van der Waals surface area contributed by atoms with Crippen molar-refractivity contribution in [2.45, 2.75) is 6.54 Å². The summed E-state index contributed by atoms with van der Waals surface area (Å²) in [5.41, 5.74) is 0.992. The number of nitrogens with one attached hydrogen (secondary N) is 1. The summed E-state index contributed by atoms with van der Waals surface area (Å²) in [7, 11) is 3.45. The standard InChI is InChI=1S/C8H11ClN2O/c1-10-4-6-3-8(12-2)11-5-7(6)9/h3,5,10H,4H2,1-2H3. The number of halogens is 1. The third-order valence-corrected chi connectivity index (χ3v) is 1.83. The van der Waals surface area contributed by atoms with E-state index in [0.29, 0.717) is 10.9 Å². The van der Waals surface area contributed by atoms with Gasteiger partial charge in [-0.3, -0.25) is 0 Å². The first-order valence-electron chi connectivity index (χ1n) is 3.61. The van der Waals surface area contributed by atoms with E-state index in [1.165, 1.54) is 0 Å². The van der Waals surface area contributed by atoms with Gasteiger partial charge in [-0.25, -0.2) is 4.98 Å². The van der Waals surface area contributed by atoms with E-state index in [0.717, 1.165) is 12.1 Å². The van der Waals surface area contributed by atoms with Crippen LogP contribution in [-0.2, 0) is 6.54 Å². The number of methoxy groups -OCH3 is 1. The number of ether oxygens (including phenoxy) is 1. The second-order valence-electron chi connectivity index (χ2n) is 2.35. The molecule has 4 heteroatoms. The van der Waals surface area contributed by atoms with Crippen LogP contribution in [0.2, 0.25) is 5.02 Å². The van der Waals surface area contributed by atoms with Gasteiger partial charge in [-0.15, -0.1) is 0 Å². The van der Waals surface area contributed by atoms with Gasteiger partial charge in [-0.2, -0.15) is 0 Å². The smallest absolute Gasteiger partial charge is 0.213 e. The van der Waals surface area contributed by atoms with E-state index < -0.39 is 0 Å². The fourth-order valence-corrected chi connectivity index (χ4v) is 1.07. The Morgan fingerprint density at radius 3 is 3.00 bits per heavy atom. The van der Waals surface area contributed by atoms with Crippen LogP contribution in [0.25, 0.3) is 0 Å². The predicted octanol–water partition coefficient (Wildman–Crippen LogP) is 1.46. The van der Waals surface area contributed by atoms with Gasteiger partial charge in [0.2, 0.25) is 5.88 Å². The van der Waals surface area contributed by atoms with Crippen LogP contribution in [0.1, 0.15) is 5.56 Å². The molecule has 1 N–H and O–H groups in total. The SMILES string of the molecule is CNCc1cc(OC)ncc1Cl. The van der Waals surface area contributed by atoms with Gasteiger partial charge in [0.1, 0.15) is 0 Å². The molecule has 1 aromatic heterocycles. The Morgan fingerprint density at radius 2 is 2.42 bits per heavy atom. The van der Waals surface area contributed by atoms with E-state index >= 15 is 0 Å². The Balaban J connectivity index is 2.91. The largest absolute Gasteiger partial charge is 0.481 e. The minimum atomic E-state index is 0.588. The Hall–Kier alpha value is -0.800. The molecule has 0 aromatic carbocycles. The molecule has 0 radical (unpaired) electrons. The number of aromatic nitrogens is 1. The second-order valence-corrected chi connectivity index (χ2v) is 2.76. The lowest BCUT2D eigenvalue weighted by Gasteiger charge is -2.04. The van der Waals surface area contributed by atoms with Crippen LogP contribution in [0.3, 0.4) is 0 Å². The maximum atomic E-state index is 5.87. The molecule has 1 rings (SSSR count). The average Bonchev–Trinajstić information content (AvgIpc) is 2.09. The molecule has 1 heterocycles. The van der Waals surface area contributed by atoms with E-state index in [4.69, 9.17) is 16.3 Å². The van der Waals surface area contributed by atoms with Gasteiger partial charge in [-0.05, 0) is 12.6 Å². The van der Waals surface area contributed by atoms with Crippen molar-refractivity contribution in [2.24, 2.45) is 0 Å². The first kappa shape index (κ1) is 9.29. The molecule has 0 saturated heterocycles. The van der Waals surface area contributed by atoms with Crippen molar-refractivity contribution in [3.05, 3.63) is 22.8 Å². The first-order valence-corrected chi connectivity index (χ1v) is 3.98. The lowest BCUT2D eigenvalue weighted by molar-refractivity contribution is 0.397. The van der Waals surface area contributed by atoms with Crippen LogP contribution in [-0.4, -0.2) is 19.1 Å². The molecule has 0 spiro atoms. The molecule has 0 aliphatic heterocycles. The topological polar surface area (TPSA) is 34.1 Å². The number of pyridine rings is 1. The molecule has 12 heavy (non-hydrogen) atoms. The third-order valence-electron chi connectivity index (χ3n) is 1.49. The number of nitrogens with zero attached hydrogens (tertiary/aromatic N) is 1. The maximum absolute atomic E-state index is 5.87. The van der Waals surface area contributed by atoms with Crippen LogP contribution in [0.5, 0.6) is 5.88 Å². The van der Waals surface area contributed by atoms with Crippen molar-refractivity contribution in [3.63, 3.8) is 0 Å². The molecule has 0 saturated carbocycles. The first-order chi connectivity index (χ1) is 5.77. The summed E-state index contributed by atoms with van der Waals surface area (Å²) in [5.74, 6) is 0.588. The van der Waals surface area contributed by atoms with Gasteiger partial charge in [0, 0.05) is 18.8 Å². The van der Waals surface area contributed by atoms with Crippen LogP contribution in [0.15, 0.2) is 12.3 Å². The van der Waals surface area contributed by atoms with Gasteiger partial charge in [-0.1, -0.05) is 11.6 Å². The van der Waals surface area contributed by atoms with E-state index in [9.17, 15) is 0 Å². The Bertz CT molecular complexity index is 265. The molecule has 0 atom stereocenters. The lowest BCUT2D eigenvalue weighted by atomic mass is 10.2. The van der Waals surface area contributed by atoms with E-state index in [1.54, 1.807) is 13.3 Å². The highest BCUT2D eigenvalue weighted by Gasteiger charge is 2.01. The van der Waals surface area contributed by atoms with Gasteiger partial charge >= 0.3 is 0 Å². The third kappa shape index (κ3) is 2.09. The van der Waals surface area contributed by atoms with E-state index in [2.05, 4.69) is 10.3 Å². The summed E-state index contributed by atoms with van der Waals surface area (Å²) < 4.78 is 4.96. The van der Waals surface area contributed by atoms with Crippen LogP contribution < -0.4 is 10.1 Å². The van der Waals surface area contributed by atoms with Crippen LogP contribution >= 0.6 is 11.6 Å². The molecule has 0 fully saturated rings. The summed E-state index contributed by atoms with van der Waals surface area (Å²) >= 11 is 5.87. The maximum Gasteiger partial charge on any atom is 0.213 e. The molecular formula is C8H11ClN2O. The number of hydrogen-bond donors (Lipinski definition) is 1. The van der Waals surface area contributed by atoms with Crippen molar-refractivity contribution in [1.82, 2.24) is 10.3 Å². The van der Waals surface area contributed by atoms with E-state index in [1.807, 2.05) is 13.1 Å². The van der Waals surface area contributed by atoms with Crippen molar-refractivity contribution in [3.8, 4) is 5.88 Å². The molecule has 3 nitrogen and oxygen atoms in total. The van der Waals surface area contributed by atoms with Crippen molar-refractivity contribution >= 4 is 11.6 Å². The minimum Gasteiger partial charge on any atom is -0.481 e. The molecule has 66 valence electrons. The summed E-state index contributed by atoms with van der Waals surface area (Å²) in [4.78, 5) is 3.96. The fourth-order valence-electron chi connectivity index (χ4n) is 0.896. The second kappa shape index (κ2) is 4.28. The molecule has 0 unspecified atom stereocenters. The molecule has 1 aromatic rings. The predicted molar refractivity (Wildman–Crippen MR) is 48.6 cm³/mol. The zero-order chi connectivity index (χ0) is 8.97. The molecule has 0 aliphatic carbocycles. The molecular weight excluding hydrogens is 176 g/mol. The highest BCUT2D eigenvalue weighted by Crippen LogP contribution is 2.18. The number of rotatable bonds is 3. The zero-order valence-corrected chi connectivity index (χ0v) is 7.85. The number of hydrogen-bond acceptors (Lipinski definition) is 3. The minimum absolute atomic E-state index is 0.588. The monoisotopic (exact) mass is 186 g/mol. The summed E-state index contributed by atoms with van der Waals surface area (Å²) in [6.07, 6.45) is 1.59. The van der Waals surface area contributed by atoms with Crippen molar-refractivity contribution in [2.75, 3.05) is 14.2 Å². The molecule has 0 bridgehead atoms. The zero-order valence-electron chi connectivity index (χ0n) is 7.10. The Kier molecular flexibility index (Phi) is 3.31. The lowest BCUT2D eigenvalue weighted by Crippen LogP contribution is -2.06. The highest BCUT2D eigenvalue weighted by molar-refractivity contribution is 6.31. The van der Waals surface area contributed by atoms with Crippen LogP contribution in [0, 0.1) is 0 Å². The van der Waals surface area contributed by atoms with E-state index in [-0.39, 0.29) is 0 Å². The van der Waals surface area contributed by atoms with Crippen LogP contribution in [0.4, 0.5) is 0 Å². The fraction of sp³-hybridized carbons (Fsp3) is 0.375. The molecule has 0 amide bonds. The van der Waals surface area contributed by atoms with Gasteiger partial charge < -0.3 is 10.1 Å². The van der Waals surface area contributed by atoms with Gasteiger partial charge in [0.05, 0.1) is 12.1 Å². The Morgan fingerprint density at radius 1 is 1.67 bits per heavy atom. The average molecular weight is 187 g/mol. The summed E-state index contributed by atoms with van der Waals surface area (Å²) in [6.45, 7) is 0.720. The summed E-state index contributed by atoms with van der Waals surface area (Å²) in [5, 5.41) is 3.67. The normalized spacial score (nSPS) is 9.92. The quantitative estimate of drug-likeness (QED) is 0.776.